The molecule has 1 aromatic heterocycles. The quantitative estimate of drug-likeness (QED) is 0.767. The lowest BCUT2D eigenvalue weighted by atomic mass is 9.76. The van der Waals surface area contributed by atoms with Gasteiger partial charge in [0.25, 0.3) is 0 Å². The van der Waals surface area contributed by atoms with Crippen LogP contribution in [0.4, 0.5) is 5.82 Å². The Balaban J connectivity index is 2.28. The maximum Gasteiger partial charge on any atom is 0.129 e. The molecule has 1 saturated carbocycles. The monoisotopic (exact) mass is 276 g/mol. The molecular formula is C17H28N2O. The van der Waals surface area contributed by atoms with E-state index in [0.29, 0.717) is 17.2 Å². The van der Waals surface area contributed by atoms with Gasteiger partial charge in [-0.15, -0.1) is 0 Å². The van der Waals surface area contributed by atoms with E-state index in [1.165, 1.54) is 6.42 Å². The summed E-state index contributed by atoms with van der Waals surface area (Å²) in [6.07, 6.45) is 6.57. The average Bonchev–Trinajstić information content (AvgIpc) is 2.51. The third-order valence-corrected chi connectivity index (χ3v) is 4.93. The van der Waals surface area contributed by atoms with Crippen molar-refractivity contribution in [2.45, 2.75) is 65.4 Å². The summed E-state index contributed by atoms with van der Waals surface area (Å²) in [5.41, 5.74) is 7.45. The van der Waals surface area contributed by atoms with Crippen LogP contribution in [0.15, 0.2) is 12.3 Å². The van der Waals surface area contributed by atoms with Gasteiger partial charge in [-0.1, -0.05) is 20.8 Å². The van der Waals surface area contributed by atoms with Crippen LogP contribution >= 0.6 is 0 Å². The molecule has 0 aromatic carbocycles. The molecule has 3 heteroatoms. The average molecular weight is 276 g/mol. The van der Waals surface area contributed by atoms with Crippen molar-refractivity contribution in [2.75, 3.05) is 5.73 Å². The number of aliphatic hydroxyl groups is 1. The number of nitrogen functional groups attached to an aromatic ring is 1. The minimum absolute atomic E-state index is 0.306. The molecular weight excluding hydrogens is 248 g/mol. The number of rotatable bonds is 1. The molecule has 1 aliphatic carbocycles. The lowest BCUT2D eigenvalue weighted by Gasteiger charge is -2.32. The van der Waals surface area contributed by atoms with Crippen LogP contribution in [0, 0.1) is 18.3 Å². The lowest BCUT2D eigenvalue weighted by Crippen LogP contribution is -2.28. The smallest absolute Gasteiger partial charge is 0.129 e. The van der Waals surface area contributed by atoms with E-state index in [1.807, 2.05) is 13.0 Å². The molecule has 1 aliphatic rings. The Bertz CT molecular complexity index is 458. The molecule has 0 amide bonds. The van der Waals surface area contributed by atoms with Gasteiger partial charge in [0, 0.05) is 11.8 Å². The molecule has 0 aliphatic heterocycles. The number of nitrogens with two attached hydrogens (primary N) is 1. The van der Waals surface area contributed by atoms with Gasteiger partial charge in [0.2, 0.25) is 0 Å². The zero-order valence-corrected chi connectivity index (χ0v) is 13.2. The second-order valence-electron chi connectivity index (χ2n) is 7.41. The van der Waals surface area contributed by atoms with Crippen molar-refractivity contribution in [1.29, 1.82) is 0 Å². The molecule has 2 atom stereocenters. The SMILES string of the molecule is Cc1ccnc(N)c1C1(O)CCCC(C(C)(C)C)CC1. The van der Waals surface area contributed by atoms with Crippen LogP contribution in [-0.2, 0) is 5.60 Å². The van der Waals surface area contributed by atoms with E-state index >= 15 is 0 Å². The van der Waals surface area contributed by atoms with Gasteiger partial charge in [-0.3, -0.25) is 0 Å². The second kappa shape index (κ2) is 5.36. The highest BCUT2D eigenvalue weighted by Crippen LogP contribution is 2.45. The summed E-state index contributed by atoms with van der Waals surface area (Å²) in [4.78, 5) is 4.18. The highest BCUT2D eigenvalue weighted by atomic mass is 16.3. The van der Waals surface area contributed by atoms with Crippen molar-refractivity contribution in [3.05, 3.63) is 23.4 Å². The zero-order chi connectivity index (χ0) is 15.0. The fourth-order valence-corrected chi connectivity index (χ4v) is 3.62. The minimum atomic E-state index is -0.803. The molecule has 0 radical (unpaired) electrons. The Labute approximate surface area is 122 Å². The van der Waals surface area contributed by atoms with Crippen molar-refractivity contribution in [1.82, 2.24) is 4.98 Å². The van der Waals surface area contributed by atoms with Crippen LogP contribution in [0.2, 0.25) is 0 Å². The predicted molar refractivity (Wildman–Crippen MR) is 83.3 cm³/mol. The van der Waals surface area contributed by atoms with E-state index < -0.39 is 5.60 Å². The molecule has 20 heavy (non-hydrogen) atoms. The number of nitrogens with zero attached hydrogens (tertiary/aromatic N) is 1. The van der Waals surface area contributed by atoms with Crippen LogP contribution in [-0.4, -0.2) is 10.1 Å². The Hall–Kier alpha value is -1.09. The number of hydrogen-bond acceptors (Lipinski definition) is 3. The molecule has 2 unspecified atom stereocenters. The lowest BCUT2D eigenvalue weighted by molar-refractivity contribution is 0.0179. The Kier molecular flexibility index (Phi) is 4.10. The topological polar surface area (TPSA) is 59.1 Å². The zero-order valence-electron chi connectivity index (χ0n) is 13.2. The molecule has 112 valence electrons. The summed E-state index contributed by atoms with van der Waals surface area (Å²) >= 11 is 0. The molecule has 3 N–H and O–H groups in total. The van der Waals surface area contributed by atoms with Gasteiger partial charge in [0.05, 0.1) is 5.60 Å². The van der Waals surface area contributed by atoms with Crippen molar-refractivity contribution in [3.8, 4) is 0 Å². The van der Waals surface area contributed by atoms with Crippen molar-refractivity contribution < 1.29 is 5.11 Å². The third kappa shape index (κ3) is 2.98. The fourth-order valence-electron chi connectivity index (χ4n) is 3.62. The second-order valence-corrected chi connectivity index (χ2v) is 7.41. The summed E-state index contributed by atoms with van der Waals surface area (Å²) in [6.45, 7) is 8.90. The molecule has 0 spiro atoms. The van der Waals surface area contributed by atoms with E-state index in [2.05, 4.69) is 25.8 Å². The Morgan fingerprint density at radius 2 is 2.00 bits per heavy atom. The summed E-state index contributed by atoms with van der Waals surface area (Å²) in [6, 6.07) is 1.94. The van der Waals surface area contributed by atoms with Crippen molar-refractivity contribution >= 4 is 5.82 Å². The maximum atomic E-state index is 11.1. The standard InChI is InChI=1S/C17H28N2O/c1-12-8-11-19-15(18)14(12)17(20)9-5-6-13(7-10-17)16(2,3)4/h8,11,13,20H,5-7,9-10H2,1-4H3,(H2,18,19). The van der Waals surface area contributed by atoms with Gasteiger partial charge in [-0.05, 0) is 62.0 Å². The van der Waals surface area contributed by atoms with E-state index in [9.17, 15) is 5.11 Å². The summed E-state index contributed by atoms with van der Waals surface area (Å²) in [5.74, 6) is 1.15. The highest BCUT2D eigenvalue weighted by molar-refractivity contribution is 5.47. The van der Waals surface area contributed by atoms with Crippen LogP contribution in [0.3, 0.4) is 0 Å². The third-order valence-electron chi connectivity index (χ3n) is 4.93. The number of aryl methyl sites for hydroxylation is 1. The highest BCUT2D eigenvalue weighted by Gasteiger charge is 2.38. The van der Waals surface area contributed by atoms with Crippen LogP contribution < -0.4 is 5.73 Å². The Morgan fingerprint density at radius 3 is 2.60 bits per heavy atom. The molecule has 1 heterocycles. The molecule has 2 rings (SSSR count). The van der Waals surface area contributed by atoms with Crippen molar-refractivity contribution in [3.63, 3.8) is 0 Å². The summed E-state index contributed by atoms with van der Waals surface area (Å²) in [7, 11) is 0. The molecule has 3 nitrogen and oxygen atoms in total. The first-order chi connectivity index (χ1) is 9.24. The van der Waals surface area contributed by atoms with Gasteiger partial charge >= 0.3 is 0 Å². The molecule has 1 aromatic rings. The van der Waals surface area contributed by atoms with Gasteiger partial charge in [0.1, 0.15) is 5.82 Å². The minimum Gasteiger partial charge on any atom is -0.385 e. The van der Waals surface area contributed by atoms with Crippen LogP contribution in [0.25, 0.3) is 0 Å². The molecule has 0 bridgehead atoms. The van der Waals surface area contributed by atoms with E-state index in [0.717, 1.165) is 36.8 Å². The first kappa shape index (κ1) is 15.3. The first-order valence-electron chi connectivity index (χ1n) is 7.68. The normalized spacial score (nSPS) is 28.1. The maximum absolute atomic E-state index is 11.1. The fraction of sp³-hybridized carbons (Fsp3) is 0.706. The molecule has 0 saturated heterocycles. The van der Waals surface area contributed by atoms with Gasteiger partial charge in [-0.25, -0.2) is 4.98 Å². The van der Waals surface area contributed by atoms with Crippen molar-refractivity contribution in [2.24, 2.45) is 11.3 Å². The van der Waals surface area contributed by atoms with Gasteiger partial charge in [0.15, 0.2) is 0 Å². The number of aromatic nitrogens is 1. The van der Waals surface area contributed by atoms with Crippen LogP contribution in [0.1, 0.15) is 64.0 Å². The van der Waals surface area contributed by atoms with Gasteiger partial charge < -0.3 is 10.8 Å². The summed E-state index contributed by atoms with van der Waals surface area (Å²) in [5, 5.41) is 11.1. The number of pyridine rings is 1. The Morgan fingerprint density at radius 1 is 1.30 bits per heavy atom. The predicted octanol–water partition coefficient (Wildman–Crippen LogP) is 3.79. The number of anilines is 1. The first-order valence-corrected chi connectivity index (χ1v) is 7.68. The largest absolute Gasteiger partial charge is 0.385 e. The van der Waals surface area contributed by atoms with E-state index in [1.54, 1.807) is 6.20 Å². The van der Waals surface area contributed by atoms with E-state index in [4.69, 9.17) is 5.73 Å². The van der Waals surface area contributed by atoms with E-state index in [-0.39, 0.29) is 0 Å². The van der Waals surface area contributed by atoms with Gasteiger partial charge in [-0.2, -0.15) is 0 Å². The molecule has 1 fully saturated rings. The summed E-state index contributed by atoms with van der Waals surface area (Å²) < 4.78 is 0. The van der Waals surface area contributed by atoms with Crippen LogP contribution in [0.5, 0.6) is 0 Å². The number of hydrogen-bond donors (Lipinski definition) is 2.